The van der Waals surface area contributed by atoms with Crippen molar-refractivity contribution in [3.8, 4) is 11.5 Å². The van der Waals surface area contributed by atoms with E-state index in [0.29, 0.717) is 22.2 Å². The summed E-state index contributed by atoms with van der Waals surface area (Å²) in [7, 11) is 0. The van der Waals surface area contributed by atoms with Crippen LogP contribution in [0.25, 0.3) is 0 Å². The third-order valence-corrected chi connectivity index (χ3v) is 4.91. The molecule has 2 aliphatic heterocycles. The fraction of sp³-hybridized carbons (Fsp3) is 0.200. The molecule has 2 heterocycles. The summed E-state index contributed by atoms with van der Waals surface area (Å²) < 4.78 is 11.2. The van der Waals surface area contributed by atoms with Gasteiger partial charge in [0.1, 0.15) is 17.4 Å². The number of nitrogens with one attached hydrogen (secondary N) is 1. The maximum absolute atomic E-state index is 12.6. The topological polar surface area (TPSA) is 84.9 Å². The van der Waals surface area contributed by atoms with Crippen molar-refractivity contribution in [1.82, 2.24) is 0 Å². The highest BCUT2D eigenvalue weighted by Gasteiger charge is 2.53. The Hall–Kier alpha value is -2.83. The van der Waals surface area contributed by atoms with E-state index in [1.54, 1.807) is 60.7 Å². The van der Waals surface area contributed by atoms with Gasteiger partial charge in [-0.05, 0) is 48.5 Å². The number of amides is 1. The fourth-order valence-corrected chi connectivity index (χ4v) is 3.51. The third-order valence-electron chi connectivity index (χ3n) is 4.66. The number of carbonyl (C=O) groups is 2. The number of halogens is 1. The highest BCUT2D eigenvalue weighted by molar-refractivity contribution is 6.30. The maximum Gasteiger partial charge on any atom is 0.310 e. The minimum Gasteiger partial charge on any atom is -0.481 e. The van der Waals surface area contributed by atoms with Crippen LogP contribution >= 0.6 is 11.6 Å². The van der Waals surface area contributed by atoms with Crippen molar-refractivity contribution in [3.05, 3.63) is 65.7 Å². The van der Waals surface area contributed by atoms with E-state index in [1.807, 2.05) is 0 Å². The second-order valence-electron chi connectivity index (χ2n) is 6.41. The molecule has 0 spiro atoms. The summed E-state index contributed by atoms with van der Waals surface area (Å²) in [4.78, 5) is 24.1. The number of hydrogen-bond acceptors (Lipinski definition) is 4. The van der Waals surface area contributed by atoms with Crippen LogP contribution < -0.4 is 10.1 Å². The molecule has 2 aromatic rings. The smallest absolute Gasteiger partial charge is 0.310 e. The molecular formula is C20H16ClNO5. The number of hydrogen-bond donors (Lipinski definition) is 2. The highest BCUT2D eigenvalue weighted by atomic mass is 35.5. The first-order valence-corrected chi connectivity index (χ1v) is 8.80. The highest BCUT2D eigenvalue weighted by Crippen LogP contribution is 2.40. The Labute approximate surface area is 160 Å². The molecule has 0 saturated carbocycles. The minimum absolute atomic E-state index is 0.370. The zero-order valence-corrected chi connectivity index (χ0v) is 14.8. The van der Waals surface area contributed by atoms with Gasteiger partial charge >= 0.3 is 5.97 Å². The van der Waals surface area contributed by atoms with Crippen LogP contribution in [0.3, 0.4) is 0 Å². The van der Waals surface area contributed by atoms with Gasteiger partial charge in [-0.25, -0.2) is 0 Å². The molecule has 27 heavy (non-hydrogen) atoms. The molecule has 1 fully saturated rings. The molecule has 4 atom stereocenters. The Bertz CT molecular complexity index is 894. The second kappa shape index (κ2) is 7.06. The first kappa shape index (κ1) is 17.6. The van der Waals surface area contributed by atoms with E-state index in [2.05, 4.69) is 5.32 Å². The molecule has 2 aliphatic rings. The molecule has 2 bridgehead atoms. The predicted molar refractivity (Wildman–Crippen MR) is 99.0 cm³/mol. The molecule has 2 aromatic carbocycles. The lowest BCUT2D eigenvalue weighted by atomic mass is 9.82. The van der Waals surface area contributed by atoms with Crippen LogP contribution in [0.1, 0.15) is 0 Å². The molecule has 1 amide bonds. The van der Waals surface area contributed by atoms with Crippen LogP contribution in [0.4, 0.5) is 5.69 Å². The van der Waals surface area contributed by atoms with E-state index in [0.717, 1.165) is 0 Å². The molecule has 138 valence electrons. The summed E-state index contributed by atoms with van der Waals surface area (Å²) >= 11 is 5.85. The zero-order chi connectivity index (χ0) is 19.0. The Morgan fingerprint density at radius 3 is 2.07 bits per heavy atom. The minimum atomic E-state index is -1.03. The van der Waals surface area contributed by atoms with Crippen LogP contribution in [0, 0.1) is 11.8 Å². The number of fused-ring (bicyclic) bond motifs is 2. The number of aliphatic carboxylic acids is 1. The molecule has 7 heteroatoms. The van der Waals surface area contributed by atoms with Gasteiger partial charge in [-0.2, -0.15) is 0 Å². The van der Waals surface area contributed by atoms with Gasteiger partial charge in [0.15, 0.2) is 0 Å². The second-order valence-corrected chi connectivity index (χ2v) is 6.85. The number of ether oxygens (including phenoxy) is 2. The lowest BCUT2D eigenvalue weighted by molar-refractivity contribution is -0.145. The summed E-state index contributed by atoms with van der Waals surface area (Å²) in [5, 5.41) is 12.8. The third kappa shape index (κ3) is 3.54. The van der Waals surface area contributed by atoms with Gasteiger partial charge in [0.2, 0.25) is 5.91 Å². The van der Waals surface area contributed by atoms with Crippen molar-refractivity contribution >= 4 is 29.2 Å². The van der Waals surface area contributed by atoms with Crippen molar-refractivity contribution in [3.63, 3.8) is 0 Å². The maximum atomic E-state index is 12.6. The van der Waals surface area contributed by atoms with Gasteiger partial charge in [0, 0.05) is 10.7 Å². The Kier molecular flexibility index (Phi) is 4.59. The molecular weight excluding hydrogens is 370 g/mol. The van der Waals surface area contributed by atoms with Crippen molar-refractivity contribution < 1.29 is 24.2 Å². The predicted octanol–water partition coefficient (Wildman–Crippen LogP) is 3.73. The van der Waals surface area contributed by atoms with Gasteiger partial charge < -0.3 is 19.9 Å². The lowest BCUT2D eigenvalue weighted by Crippen LogP contribution is -2.39. The van der Waals surface area contributed by atoms with Crippen LogP contribution in [0.5, 0.6) is 11.5 Å². The molecule has 0 radical (unpaired) electrons. The van der Waals surface area contributed by atoms with Crippen molar-refractivity contribution in [2.45, 2.75) is 12.2 Å². The monoisotopic (exact) mass is 385 g/mol. The van der Waals surface area contributed by atoms with Crippen molar-refractivity contribution in [2.24, 2.45) is 11.8 Å². The van der Waals surface area contributed by atoms with Gasteiger partial charge in [-0.15, -0.1) is 0 Å². The average molecular weight is 386 g/mol. The molecule has 0 unspecified atom stereocenters. The summed E-state index contributed by atoms with van der Waals surface area (Å²) in [6.07, 6.45) is 2.41. The Morgan fingerprint density at radius 2 is 1.48 bits per heavy atom. The normalized spacial score (nSPS) is 25.4. The number of carboxylic acids is 1. The van der Waals surface area contributed by atoms with Gasteiger partial charge in [0.25, 0.3) is 0 Å². The van der Waals surface area contributed by atoms with Crippen molar-refractivity contribution in [2.75, 3.05) is 5.32 Å². The van der Waals surface area contributed by atoms with E-state index in [9.17, 15) is 14.7 Å². The summed E-state index contributed by atoms with van der Waals surface area (Å²) in [6, 6.07) is 13.8. The Morgan fingerprint density at radius 1 is 0.926 bits per heavy atom. The molecule has 0 aliphatic carbocycles. The average Bonchev–Trinajstić information content (AvgIpc) is 3.26. The molecule has 0 aromatic heterocycles. The zero-order valence-electron chi connectivity index (χ0n) is 14.0. The number of carbonyl (C=O) groups excluding carboxylic acids is 1. The first-order chi connectivity index (χ1) is 13.0. The van der Waals surface area contributed by atoms with Gasteiger partial charge in [-0.1, -0.05) is 23.8 Å². The SMILES string of the molecule is O=C(O)[C@@H]1[C@H](C(=O)Nc2ccc(Oc3ccc(Cl)cc3)cc2)[C@H]2C=C[C@H]1O2. The van der Waals surface area contributed by atoms with Crippen LogP contribution in [-0.2, 0) is 14.3 Å². The summed E-state index contributed by atoms with van der Waals surface area (Å²) in [5.41, 5.74) is 0.555. The number of carboxylic acid groups (broad SMARTS) is 1. The fourth-order valence-electron chi connectivity index (χ4n) is 3.39. The molecule has 4 rings (SSSR count). The summed E-state index contributed by atoms with van der Waals surface area (Å²) in [6.45, 7) is 0. The van der Waals surface area contributed by atoms with E-state index >= 15 is 0 Å². The van der Waals surface area contributed by atoms with E-state index in [1.165, 1.54) is 0 Å². The lowest BCUT2D eigenvalue weighted by Gasteiger charge is -2.21. The van der Waals surface area contributed by atoms with E-state index < -0.39 is 30.0 Å². The van der Waals surface area contributed by atoms with Gasteiger partial charge in [0.05, 0.1) is 18.1 Å². The standard InChI is InChI=1S/C20H16ClNO5/c21-11-1-5-13(6-2-11)26-14-7-3-12(4-8-14)22-19(23)17-15-9-10-16(27-15)18(17)20(24)25/h1-10,15-18H,(H,22,23)(H,24,25)/t15-,16-,17-,18+/m1/s1. The van der Waals surface area contributed by atoms with E-state index in [4.69, 9.17) is 21.1 Å². The van der Waals surface area contributed by atoms with E-state index in [-0.39, 0.29) is 5.91 Å². The van der Waals surface area contributed by atoms with Crippen LogP contribution in [-0.4, -0.2) is 29.2 Å². The van der Waals surface area contributed by atoms with Crippen LogP contribution in [0.2, 0.25) is 5.02 Å². The number of rotatable bonds is 5. The van der Waals surface area contributed by atoms with Crippen molar-refractivity contribution in [1.29, 1.82) is 0 Å². The quantitative estimate of drug-likeness (QED) is 0.766. The number of benzene rings is 2. The first-order valence-electron chi connectivity index (χ1n) is 8.42. The largest absolute Gasteiger partial charge is 0.481 e. The Balaban J connectivity index is 1.42. The summed E-state index contributed by atoms with van der Waals surface area (Å²) in [5.74, 6) is -1.77. The molecule has 2 N–H and O–H groups in total. The van der Waals surface area contributed by atoms with Gasteiger partial charge in [-0.3, -0.25) is 9.59 Å². The molecule has 6 nitrogen and oxygen atoms in total. The number of anilines is 1. The van der Waals surface area contributed by atoms with Crippen LogP contribution in [0.15, 0.2) is 60.7 Å². The molecule has 1 saturated heterocycles.